The molecule has 0 amide bonds. The Morgan fingerprint density at radius 3 is 2.45 bits per heavy atom. The van der Waals surface area contributed by atoms with Crippen LogP contribution in [0.25, 0.3) is 0 Å². The number of hydrogen-bond donors (Lipinski definition) is 0. The number of Topliss-reactive ketones (excluding diaryl/α,β-unsaturated/α-hetero) is 3. The Hall–Kier alpha value is -0.990. The molecule has 0 radical (unpaired) electrons. The van der Waals surface area contributed by atoms with Crippen LogP contribution in [0.4, 0.5) is 0 Å². The monoisotopic (exact) mass is 302 g/mol. The van der Waals surface area contributed by atoms with Gasteiger partial charge in [-0.3, -0.25) is 14.4 Å². The van der Waals surface area contributed by atoms with Crippen LogP contribution in [0.5, 0.6) is 0 Å². The number of rotatable bonds is 0. The minimum Gasteiger partial charge on any atom is -0.300 e. The van der Waals surface area contributed by atoms with Crippen LogP contribution >= 0.6 is 0 Å². The first kappa shape index (κ1) is 14.6. The SMILES string of the molecule is C[C@]12CCC(=O)CC1CC(=O)[C@@H]1[C@@H]2CC[C@]2(C)C(=O)CC[C@@H]12. The summed E-state index contributed by atoms with van der Waals surface area (Å²) in [7, 11) is 0. The van der Waals surface area contributed by atoms with Gasteiger partial charge in [-0.25, -0.2) is 0 Å². The van der Waals surface area contributed by atoms with E-state index in [2.05, 4.69) is 13.8 Å². The molecule has 120 valence electrons. The van der Waals surface area contributed by atoms with Crippen LogP contribution in [-0.2, 0) is 14.4 Å². The molecule has 0 heterocycles. The molecule has 0 aliphatic heterocycles. The second-order valence-corrected chi connectivity index (χ2v) is 8.77. The molecule has 0 bridgehead atoms. The molecule has 0 aromatic carbocycles. The third-order valence-electron chi connectivity index (χ3n) is 8.00. The summed E-state index contributed by atoms with van der Waals surface area (Å²) in [5.74, 6) is 2.08. The molecule has 22 heavy (non-hydrogen) atoms. The van der Waals surface area contributed by atoms with E-state index in [-0.39, 0.29) is 28.6 Å². The largest absolute Gasteiger partial charge is 0.300 e. The molecule has 0 saturated heterocycles. The van der Waals surface area contributed by atoms with Gasteiger partial charge in [-0.2, -0.15) is 0 Å². The zero-order chi connectivity index (χ0) is 15.7. The summed E-state index contributed by atoms with van der Waals surface area (Å²) in [4.78, 5) is 37.1. The maximum atomic E-state index is 12.9. The van der Waals surface area contributed by atoms with Gasteiger partial charge in [0.15, 0.2) is 0 Å². The highest BCUT2D eigenvalue weighted by molar-refractivity contribution is 5.91. The molecule has 3 nitrogen and oxygen atoms in total. The van der Waals surface area contributed by atoms with E-state index in [9.17, 15) is 14.4 Å². The Morgan fingerprint density at radius 2 is 1.68 bits per heavy atom. The van der Waals surface area contributed by atoms with Crippen LogP contribution in [0.15, 0.2) is 0 Å². The predicted octanol–water partition coefficient (Wildman–Crippen LogP) is 3.35. The first-order chi connectivity index (χ1) is 10.4. The van der Waals surface area contributed by atoms with E-state index in [1.165, 1.54) is 0 Å². The first-order valence-corrected chi connectivity index (χ1v) is 8.94. The van der Waals surface area contributed by atoms with Crippen molar-refractivity contribution in [2.75, 3.05) is 0 Å². The summed E-state index contributed by atoms with van der Waals surface area (Å²) < 4.78 is 0. The molecule has 0 N–H and O–H groups in total. The highest BCUT2D eigenvalue weighted by atomic mass is 16.1. The molecule has 4 rings (SSSR count). The van der Waals surface area contributed by atoms with Gasteiger partial charge in [-0.05, 0) is 48.9 Å². The number of fused-ring (bicyclic) bond motifs is 5. The molecule has 1 unspecified atom stereocenters. The van der Waals surface area contributed by atoms with E-state index >= 15 is 0 Å². The second kappa shape index (κ2) is 4.52. The molecule has 4 fully saturated rings. The minimum atomic E-state index is -0.246. The molecular formula is C19H26O3. The molecular weight excluding hydrogens is 276 g/mol. The summed E-state index contributed by atoms with van der Waals surface area (Å²) in [6.45, 7) is 4.43. The van der Waals surface area contributed by atoms with Gasteiger partial charge in [0.05, 0.1) is 0 Å². The molecule has 0 aromatic rings. The van der Waals surface area contributed by atoms with Gasteiger partial charge in [-0.15, -0.1) is 0 Å². The third-order valence-corrected chi connectivity index (χ3v) is 8.00. The van der Waals surface area contributed by atoms with Gasteiger partial charge in [0.25, 0.3) is 0 Å². The average Bonchev–Trinajstić information content (AvgIpc) is 2.77. The lowest BCUT2D eigenvalue weighted by molar-refractivity contribution is -0.158. The Bertz CT molecular complexity index is 565. The second-order valence-electron chi connectivity index (χ2n) is 8.77. The predicted molar refractivity (Wildman–Crippen MR) is 82.1 cm³/mol. The van der Waals surface area contributed by atoms with Crippen LogP contribution in [0.3, 0.4) is 0 Å². The lowest BCUT2D eigenvalue weighted by atomic mass is 9.45. The van der Waals surface area contributed by atoms with Gasteiger partial charge in [0.1, 0.15) is 17.3 Å². The van der Waals surface area contributed by atoms with Crippen molar-refractivity contribution >= 4 is 17.3 Å². The fourth-order valence-corrected chi connectivity index (χ4v) is 6.50. The van der Waals surface area contributed by atoms with E-state index in [4.69, 9.17) is 0 Å². The number of carbonyl (C=O) groups is 3. The first-order valence-electron chi connectivity index (χ1n) is 8.94. The summed E-state index contributed by atoms with van der Waals surface area (Å²) in [6, 6.07) is 0. The van der Waals surface area contributed by atoms with E-state index < -0.39 is 0 Å². The van der Waals surface area contributed by atoms with Crippen molar-refractivity contribution in [3.8, 4) is 0 Å². The summed E-state index contributed by atoms with van der Waals surface area (Å²) in [6.07, 6.45) is 6.32. The van der Waals surface area contributed by atoms with Crippen LogP contribution in [-0.4, -0.2) is 17.3 Å². The Kier molecular flexibility index (Phi) is 3.00. The highest BCUT2D eigenvalue weighted by Crippen LogP contribution is 2.64. The summed E-state index contributed by atoms with van der Waals surface area (Å²) in [5, 5.41) is 0. The van der Waals surface area contributed by atoms with Crippen molar-refractivity contribution in [1.82, 2.24) is 0 Å². The Balaban J connectivity index is 1.72. The van der Waals surface area contributed by atoms with Crippen LogP contribution in [0, 0.1) is 34.5 Å². The van der Waals surface area contributed by atoms with Crippen molar-refractivity contribution in [2.24, 2.45) is 34.5 Å². The standard InChI is InChI=1S/C19H26O3/c1-18-7-5-12(20)9-11(18)10-15(21)17-13-3-4-16(22)19(13,2)8-6-14(17)18/h11,13-14,17H,3-10H2,1-2H3/t11?,13-,14-,17-,18-,19-/m0/s1. The summed E-state index contributed by atoms with van der Waals surface area (Å²) in [5.41, 5.74) is -0.107. The van der Waals surface area contributed by atoms with Crippen LogP contribution in [0.2, 0.25) is 0 Å². The molecule has 4 aliphatic rings. The van der Waals surface area contributed by atoms with Crippen molar-refractivity contribution < 1.29 is 14.4 Å². The van der Waals surface area contributed by atoms with E-state index in [1.807, 2.05) is 0 Å². The molecule has 3 heteroatoms. The molecule has 4 aliphatic carbocycles. The minimum absolute atomic E-state index is 0.0830. The van der Waals surface area contributed by atoms with Crippen LogP contribution < -0.4 is 0 Å². The van der Waals surface area contributed by atoms with Gasteiger partial charge in [0.2, 0.25) is 0 Å². The topological polar surface area (TPSA) is 51.2 Å². The third kappa shape index (κ3) is 1.71. The smallest absolute Gasteiger partial charge is 0.139 e. The normalized spacial score (nSPS) is 51.3. The van der Waals surface area contributed by atoms with Crippen molar-refractivity contribution in [3.05, 3.63) is 0 Å². The number of hydrogen-bond acceptors (Lipinski definition) is 3. The Labute approximate surface area is 132 Å². The lowest BCUT2D eigenvalue weighted by Crippen LogP contribution is -2.57. The van der Waals surface area contributed by atoms with E-state index in [0.29, 0.717) is 49.0 Å². The fraction of sp³-hybridized carbons (Fsp3) is 0.842. The molecule has 6 atom stereocenters. The fourth-order valence-electron chi connectivity index (χ4n) is 6.50. The maximum absolute atomic E-state index is 12.9. The van der Waals surface area contributed by atoms with Gasteiger partial charge in [0, 0.05) is 37.0 Å². The van der Waals surface area contributed by atoms with Crippen molar-refractivity contribution in [2.45, 2.75) is 65.2 Å². The Morgan fingerprint density at radius 1 is 0.909 bits per heavy atom. The molecule has 0 spiro atoms. The summed E-state index contributed by atoms with van der Waals surface area (Å²) >= 11 is 0. The lowest BCUT2D eigenvalue weighted by Gasteiger charge is -2.58. The number of ketones is 3. The zero-order valence-corrected chi connectivity index (χ0v) is 13.7. The quantitative estimate of drug-likeness (QED) is 0.689. The zero-order valence-electron chi connectivity index (χ0n) is 13.7. The van der Waals surface area contributed by atoms with Gasteiger partial charge >= 0.3 is 0 Å². The maximum Gasteiger partial charge on any atom is 0.139 e. The number of carbonyl (C=O) groups excluding carboxylic acids is 3. The van der Waals surface area contributed by atoms with Gasteiger partial charge in [-0.1, -0.05) is 13.8 Å². The van der Waals surface area contributed by atoms with E-state index in [1.54, 1.807) is 0 Å². The highest BCUT2D eigenvalue weighted by Gasteiger charge is 2.62. The molecule has 0 aromatic heterocycles. The van der Waals surface area contributed by atoms with Gasteiger partial charge < -0.3 is 0 Å². The van der Waals surface area contributed by atoms with Crippen molar-refractivity contribution in [3.63, 3.8) is 0 Å². The van der Waals surface area contributed by atoms with Crippen molar-refractivity contribution in [1.29, 1.82) is 0 Å². The van der Waals surface area contributed by atoms with Crippen LogP contribution in [0.1, 0.15) is 65.2 Å². The van der Waals surface area contributed by atoms with E-state index in [0.717, 1.165) is 25.7 Å². The average molecular weight is 302 g/mol. The molecule has 4 saturated carbocycles.